The number of fused-ring (bicyclic) bond motifs is 1. The summed E-state index contributed by atoms with van der Waals surface area (Å²) in [6, 6.07) is 1.71. The molecule has 5 rings (SSSR count). The molecule has 0 N–H and O–H groups in total. The van der Waals surface area contributed by atoms with Crippen molar-refractivity contribution in [1.29, 1.82) is 0 Å². The van der Waals surface area contributed by atoms with Crippen LogP contribution in [0, 0.1) is 5.92 Å². The van der Waals surface area contributed by atoms with Crippen LogP contribution in [0.15, 0.2) is 23.8 Å². The number of amides is 1. The maximum atomic E-state index is 12.5. The summed E-state index contributed by atoms with van der Waals surface area (Å²) in [6.45, 7) is 1.41. The molecular weight excluding hydrogens is 324 g/mol. The van der Waals surface area contributed by atoms with Gasteiger partial charge in [0.15, 0.2) is 0 Å². The van der Waals surface area contributed by atoms with Gasteiger partial charge in [-0.15, -0.1) is 11.3 Å². The van der Waals surface area contributed by atoms with E-state index < -0.39 is 0 Å². The first-order valence-electron chi connectivity index (χ1n) is 8.44. The fourth-order valence-electron chi connectivity index (χ4n) is 3.70. The van der Waals surface area contributed by atoms with Crippen LogP contribution in [0.25, 0.3) is 0 Å². The zero-order chi connectivity index (χ0) is 16.1. The summed E-state index contributed by atoms with van der Waals surface area (Å²) in [6.07, 6.45) is 6.83. The highest BCUT2D eigenvalue weighted by molar-refractivity contribution is 7.09. The van der Waals surface area contributed by atoms with Crippen molar-refractivity contribution < 1.29 is 9.53 Å². The Kier molecular flexibility index (Phi) is 3.38. The molecule has 0 aromatic carbocycles. The van der Waals surface area contributed by atoms with Gasteiger partial charge in [-0.1, -0.05) is 0 Å². The minimum atomic E-state index is 0.0183. The van der Waals surface area contributed by atoms with E-state index in [9.17, 15) is 4.79 Å². The summed E-state index contributed by atoms with van der Waals surface area (Å²) in [4.78, 5) is 19.2. The largest absolute Gasteiger partial charge is 0.366 e. The predicted molar refractivity (Wildman–Crippen MR) is 87.7 cm³/mol. The second kappa shape index (κ2) is 5.60. The molecule has 2 aliphatic heterocycles. The van der Waals surface area contributed by atoms with E-state index in [2.05, 4.69) is 15.6 Å². The second-order valence-corrected chi connectivity index (χ2v) is 7.77. The Hall–Kier alpha value is -1.86. The Morgan fingerprint density at radius 1 is 1.29 bits per heavy atom. The van der Waals surface area contributed by atoms with Gasteiger partial charge in [0.25, 0.3) is 5.91 Å². The number of hydrogen-bond acceptors (Lipinski definition) is 6. The van der Waals surface area contributed by atoms with Gasteiger partial charge < -0.3 is 9.64 Å². The summed E-state index contributed by atoms with van der Waals surface area (Å²) in [5.41, 5.74) is 1.84. The van der Waals surface area contributed by atoms with E-state index in [1.165, 1.54) is 24.7 Å². The first kappa shape index (κ1) is 14.5. The maximum absolute atomic E-state index is 12.5. The predicted octanol–water partition coefficient (Wildman–Crippen LogP) is 2.41. The molecule has 3 aliphatic rings. The van der Waals surface area contributed by atoms with E-state index in [1.54, 1.807) is 23.6 Å². The fraction of sp³-hybridized carbons (Fsp3) is 0.529. The molecule has 1 aliphatic carbocycles. The van der Waals surface area contributed by atoms with Crippen LogP contribution >= 0.6 is 11.3 Å². The highest BCUT2D eigenvalue weighted by Gasteiger charge is 2.45. The van der Waals surface area contributed by atoms with Gasteiger partial charge in [0.1, 0.15) is 11.1 Å². The Morgan fingerprint density at radius 3 is 2.96 bits per heavy atom. The van der Waals surface area contributed by atoms with Gasteiger partial charge in [0, 0.05) is 30.3 Å². The van der Waals surface area contributed by atoms with Crippen LogP contribution in [0.3, 0.4) is 0 Å². The molecule has 2 saturated heterocycles. The van der Waals surface area contributed by atoms with Crippen LogP contribution in [0.1, 0.15) is 52.3 Å². The third kappa shape index (κ3) is 2.52. The van der Waals surface area contributed by atoms with Crippen LogP contribution in [-0.4, -0.2) is 45.2 Å². The van der Waals surface area contributed by atoms with E-state index in [0.29, 0.717) is 23.9 Å². The number of aromatic nitrogens is 3. The highest BCUT2D eigenvalue weighted by atomic mass is 32.1. The lowest BCUT2D eigenvalue weighted by Crippen LogP contribution is -2.30. The quantitative estimate of drug-likeness (QED) is 0.857. The van der Waals surface area contributed by atoms with Crippen molar-refractivity contribution >= 4 is 17.2 Å². The van der Waals surface area contributed by atoms with Crippen LogP contribution in [0.5, 0.6) is 0 Å². The molecule has 124 valence electrons. The van der Waals surface area contributed by atoms with Gasteiger partial charge in [0.05, 0.1) is 29.8 Å². The van der Waals surface area contributed by atoms with Crippen LogP contribution in [0.4, 0.5) is 0 Å². The van der Waals surface area contributed by atoms with Crippen LogP contribution < -0.4 is 0 Å². The molecule has 2 aromatic heterocycles. The molecule has 1 saturated carbocycles. The zero-order valence-corrected chi connectivity index (χ0v) is 14.0. The molecule has 0 radical (unpaired) electrons. The number of rotatable bonds is 3. The third-order valence-corrected chi connectivity index (χ3v) is 6.12. The average Bonchev–Trinajstić information content (AvgIpc) is 3.04. The fourth-order valence-corrected chi connectivity index (χ4v) is 4.65. The highest BCUT2D eigenvalue weighted by Crippen LogP contribution is 2.45. The van der Waals surface area contributed by atoms with Crippen molar-refractivity contribution in [3.63, 3.8) is 0 Å². The Balaban J connectivity index is 1.24. The Labute approximate surface area is 143 Å². The molecule has 4 heterocycles. The first-order valence-corrected chi connectivity index (χ1v) is 9.32. The molecule has 6 nitrogen and oxygen atoms in total. The smallest absolute Gasteiger partial charge is 0.255 e. The number of likely N-dealkylation sites (tertiary alicyclic amines) is 1. The van der Waals surface area contributed by atoms with Crippen LogP contribution in [0.2, 0.25) is 0 Å². The summed E-state index contributed by atoms with van der Waals surface area (Å²) >= 11 is 1.73. The number of nitrogens with zero attached hydrogens (tertiary/aromatic N) is 4. The van der Waals surface area contributed by atoms with Crippen molar-refractivity contribution in [3.8, 4) is 0 Å². The molecule has 3 fully saturated rings. The molecule has 2 aromatic rings. The molecule has 3 atom stereocenters. The number of carbonyl (C=O) groups is 1. The molecule has 7 heteroatoms. The van der Waals surface area contributed by atoms with Gasteiger partial charge in [-0.05, 0) is 25.3 Å². The molecular formula is C17H18N4O2S. The normalized spacial score (nSPS) is 29.0. The lowest BCUT2D eigenvalue weighted by atomic mass is 10.0. The van der Waals surface area contributed by atoms with Crippen molar-refractivity contribution in [1.82, 2.24) is 20.1 Å². The van der Waals surface area contributed by atoms with Crippen molar-refractivity contribution in [2.24, 2.45) is 5.92 Å². The zero-order valence-electron chi connectivity index (χ0n) is 13.2. The van der Waals surface area contributed by atoms with Crippen LogP contribution in [-0.2, 0) is 4.74 Å². The van der Waals surface area contributed by atoms with Gasteiger partial charge in [-0.25, -0.2) is 4.98 Å². The summed E-state index contributed by atoms with van der Waals surface area (Å²) in [5.74, 6) is 1.12. The summed E-state index contributed by atoms with van der Waals surface area (Å²) in [7, 11) is 0. The molecule has 1 amide bonds. The summed E-state index contributed by atoms with van der Waals surface area (Å²) in [5, 5.41) is 10.8. The van der Waals surface area contributed by atoms with Crippen molar-refractivity contribution in [3.05, 3.63) is 40.1 Å². The number of ether oxygens (including phenoxy) is 1. The van der Waals surface area contributed by atoms with Gasteiger partial charge in [-0.3, -0.25) is 4.79 Å². The molecule has 0 bridgehead atoms. The maximum Gasteiger partial charge on any atom is 0.255 e. The van der Waals surface area contributed by atoms with Crippen molar-refractivity contribution in [2.45, 2.75) is 37.4 Å². The lowest BCUT2D eigenvalue weighted by molar-refractivity contribution is 0.0353. The third-order valence-electron chi connectivity index (χ3n) is 5.17. The molecule has 0 spiro atoms. The molecule has 0 unspecified atom stereocenters. The van der Waals surface area contributed by atoms with E-state index in [4.69, 9.17) is 9.72 Å². The first-order chi connectivity index (χ1) is 11.8. The standard InChI is InChI=1S/C17H18N4O2S/c22-17(11-3-4-18-19-6-11)21-7-12-5-14(23-15(12)8-21)16-20-13(9-24-16)10-1-2-10/h3-4,6,9-10,12,14-15H,1-2,5,7-8H2/t12-,14-,15+/m1/s1. The Bertz CT molecular complexity index is 747. The van der Waals surface area contributed by atoms with Gasteiger partial charge in [0.2, 0.25) is 0 Å². The van der Waals surface area contributed by atoms with E-state index in [0.717, 1.165) is 18.0 Å². The number of thiazole rings is 1. The van der Waals surface area contributed by atoms with E-state index >= 15 is 0 Å². The van der Waals surface area contributed by atoms with Crippen molar-refractivity contribution in [2.75, 3.05) is 13.1 Å². The Morgan fingerprint density at radius 2 is 2.21 bits per heavy atom. The molecule has 24 heavy (non-hydrogen) atoms. The second-order valence-electron chi connectivity index (χ2n) is 6.89. The van der Waals surface area contributed by atoms with Gasteiger partial charge in [-0.2, -0.15) is 10.2 Å². The van der Waals surface area contributed by atoms with Gasteiger partial charge >= 0.3 is 0 Å². The summed E-state index contributed by atoms with van der Waals surface area (Å²) < 4.78 is 6.23. The monoisotopic (exact) mass is 342 g/mol. The van der Waals surface area contributed by atoms with E-state index in [-0.39, 0.29) is 18.1 Å². The lowest BCUT2D eigenvalue weighted by Gasteiger charge is -2.18. The topological polar surface area (TPSA) is 68.2 Å². The minimum absolute atomic E-state index is 0.0183. The van der Waals surface area contributed by atoms with E-state index in [1.807, 2.05) is 4.90 Å². The minimum Gasteiger partial charge on any atom is -0.366 e. The average molecular weight is 342 g/mol. The number of carbonyl (C=O) groups excluding carboxylic acids is 1. The SMILES string of the molecule is O=C(c1ccnnc1)N1C[C@H]2C[C@H](c3nc(C4CC4)cs3)O[C@H]2C1. The number of hydrogen-bond donors (Lipinski definition) is 0.